The topological polar surface area (TPSA) is 75.3 Å². The molecule has 0 radical (unpaired) electrons. The van der Waals surface area contributed by atoms with Gasteiger partial charge >= 0.3 is 0 Å². The second kappa shape index (κ2) is 8.20. The molecule has 6 heteroatoms. The molecule has 0 aliphatic rings. The van der Waals surface area contributed by atoms with Crippen molar-refractivity contribution in [1.29, 1.82) is 0 Å². The highest BCUT2D eigenvalue weighted by Crippen LogP contribution is 2.25. The van der Waals surface area contributed by atoms with Gasteiger partial charge in [0.25, 0.3) is 0 Å². The van der Waals surface area contributed by atoms with Crippen LogP contribution in [0.2, 0.25) is 0 Å². The molecule has 2 aromatic carbocycles. The van der Waals surface area contributed by atoms with Crippen molar-refractivity contribution in [2.45, 2.75) is 18.7 Å². The van der Waals surface area contributed by atoms with E-state index in [-0.39, 0.29) is 12.4 Å². The fourth-order valence-corrected chi connectivity index (χ4v) is 3.25. The summed E-state index contributed by atoms with van der Waals surface area (Å²) in [6, 6.07) is 17.7. The smallest absolute Gasteiger partial charge is 0.157 e. The van der Waals surface area contributed by atoms with Crippen LogP contribution >= 0.6 is 0 Å². The van der Waals surface area contributed by atoms with Crippen molar-refractivity contribution in [3.63, 3.8) is 0 Å². The predicted octanol–water partition coefficient (Wildman–Crippen LogP) is 2.85. The van der Waals surface area contributed by atoms with Crippen molar-refractivity contribution in [2.75, 3.05) is 6.61 Å². The Morgan fingerprint density at radius 1 is 1.00 bits per heavy atom. The Balaban J connectivity index is 1.92. The highest BCUT2D eigenvalue weighted by molar-refractivity contribution is 7.78. The van der Waals surface area contributed by atoms with Gasteiger partial charge in [-0.2, -0.15) is 5.10 Å². The van der Waals surface area contributed by atoms with E-state index in [1.807, 2.05) is 48.7 Å². The first kappa shape index (κ1) is 17.5. The van der Waals surface area contributed by atoms with Gasteiger partial charge in [-0.25, -0.2) is 4.21 Å². The van der Waals surface area contributed by atoms with Crippen molar-refractivity contribution in [3.05, 3.63) is 77.5 Å². The average molecular weight is 356 g/mol. The highest BCUT2D eigenvalue weighted by atomic mass is 32.2. The van der Waals surface area contributed by atoms with Gasteiger partial charge in [-0.05, 0) is 11.1 Å². The van der Waals surface area contributed by atoms with E-state index in [0.29, 0.717) is 6.54 Å². The van der Waals surface area contributed by atoms with Crippen LogP contribution in [-0.2, 0) is 29.8 Å². The number of aromatic nitrogens is 2. The fourth-order valence-electron chi connectivity index (χ4n) is 2.77. The van der Waals surface area contributed by atoms with Crippen LogP contribution in [-0.4, -0.2) is 30.3 Å². The monoisotopic (exact) mass is 356 g/mol. The Bertz CT molecular complexity index is 845. The maximum Gasteiger partial charge on any atom is 0.157 e. The third-order valence-corrected chi connectivity index (χ3v) is 4.50. The molecule has 0 spiro atoms. The summed E-state index contributed by atoms with van der Waals surface area (Å²) >= 11 is -1.84. The van der Waals surface area contributed by atoms with Gasteiger partial charge in [-0.1, -0.05) is 54.6 Å². The molecule has 0 saturated carbocycles. The van der Waals surface area contributed by atoms with Gasteiger partial charge < -0.3 is 9.66 Å². The number of rotatable bonds is 7. The second-order valence-electron chi connectivity index (χ2n) is 5.81. The molecular weight excluding hydrogens is 336 g/mol. The lowest BCUT2D eigenvalue weighted by Gasteiger charge is -2.04. The molecule has 1 unspecified atom stereocenters. The van der Waals surface area contributed by atoms with Gasteiger partial charge in [-0.15, -0.1) is 0 Å². The van der Waals surface area contributed by atoms with Gasteiger partial charge in [0.2, 0.25) is 0 Å². The van der Waals surface area contributed by atoms with Gasteiger partial charge in [0.05, 0.1) is 24.6 Å². The predicted molar refractivity (Wildman–Crippen MR) is 98.5 cm³/mol. The minimum atomic E-state index is -1.84. The van der Waals surface area contributed by atoms with Gasteiger partial charge in [-0.3, -0.25) is 4.68 Å². The van der Waals surface area contributed by atoms with Crippen LogP contribution in [0.1, 0.15) is 16.7 Å². The van der Waals surface area contributed by atoms with Crippen molar-refractivity contribution in [2.24, 2.45) is 0 Å². The van der Waals surface area contributed by atoms with Gasteiger partial charge in [0.1, 0.15) is 0 Å². The highest BCUT2D eigenvalue weighted by Gasteiger charge is 2.12. The normalized spacial score (nSPS) is 12.2. The molecule has 3 aromatic rings. The summed E-state index contributed by atoms with van der Waals surface area (Å²) in [6.45, 7) is 0.483. The molecule has 0 bridgehead atoms. The molecule has 2 N–H and O–H groups in total. The first-order valence-electron chi connectivity index (χ1n) is 8.03. The first-order chi connectivity index (χ1) is 12.2. The number of aliphatic hydroxyl groups excluding tert-OH is 1. The lowest BCUT2D eigenvalue weighted by molar-refractivity contribution is 0.269. The maximum absolute atomic E-state index is 10.9. The zero-order valence-electron chi connectivity index (χ0n) is 13.7. The van der Waals surface area contributed by atoms with E-state index in [4.69, 9.17) is 4.55 Å². The second-order valence-corrected chi connectivity index (χ2v) is 6.75. The minimum Gasteiger partial charge on any atom is -0.394 e. The van der Waals surface area contributed by atoms with Gasteiger partial charge in [0, 0.05) is 23.7 Å². The molecule has 0 fully saturated rings. The number of hydrogen-bond acceptors (Lipinski definition) is 3. The van der Waals surface area contributed by atoms with E-state index in [2.05, 4.69) is 17.2 Å². The number of hydrogen-bond donors (Lipinski definition) is 2. The van der Waals surface area contributed by atoms with E-state index in [1.54, 1.807) is 4.68 Å². The maximum atomic E-state index is 10.9. The molecule has 1 atom stereocenters. The van der Waals surface area contributed by atoms with Crippen molar-refractivity contribution >= 4 is 11.1 Å². The summed E-state index contributed by atoms with van der Waals surface area (Å²) in [6.07, 6.45) is 2.72. The van der Waals surface area contributed by atoms with E-state index < -0.39 is 11.1 Å². The number of benzene rings is 2. The Morgan fingerprint density at radius 3 is 2.36 bits per heavy atom. The molecule has 0 aliphatic heterocycles. The zero-order chi connectivity index (χ0) is 17.6. The molecule has 5 nitrogen and oxygen atoms in total. The lowest BCUT2D eigenvalue weighted by Crippen LogP contribution is -2.02. The lowest BCUT2D eigenvalue weighted by atomic mass is 10.0. The molecule has 1 heterocycles. The van der Waals surface area contributed by atoms with E-state index in [9.17, 15) is 9.32 Å². The molecule has 0 saturated heterocycles. The minimum absolute atomic E-state index is 0.0349. The van der Waals surface area contributed by atoms with Crippen molar-refractivity contribution in [1.82, 2.24) is 9.78 Å². The van der Waals surface area contributed by atoms with Crippen LogP contribution in [0.3, 0.4) is 0 Å². The fraction of sp³-hybridized carbons (Fsp3) is 0.211. The molecule has 130 valence electrons. The van der Waals surface area contributed by atoms with Crippen LogP contribution in [0.5, 0.6) is 0 Å². The van der Waals surface area contributed by atoms with E-state index in [1.165, 1.54) is 5.56 Å². The third-order valence-electron chi connectivity index (χ3n) is 3.92. The van der Waals surface area contributed by atoms with Crippen LogP contribution in [0.4, 0.5) is 0 Å². The third kappa shape index (κ3) is 4.63. The molecule has 3 rings (SSSR count). The largest absolute Gasteiger partial charge is 0.394 e. The van der Waals surface area contributed by atoms with Crippen LogP contribution in [0, 0.1) is 0 Å². The first-order valence-corrected chi connectivity index (χ1v) is 9.31. The van der Waals surface area contributed by atoms with E-state index in [0.717, 1.165) is 28.8 Å². The Labute approximate surface area is 149 Å². The summed E-state index contributed by atoms with van der Waals surface area (Å²) in [5.74, 6) is 0.121. The molecular formula is C19H20N2O3S. The summed E-state index contributed by atoms with van der Waals surface area (Å²) in [5.41, 5.74) is 4.91. The summed E-state index contributed by atoms with van der Waals surface area (Å²) in [5, 5.41) is 13.8. The summed E-state index contributed by atoms with van der Waals surface area (Å²) in [7, 11) is 0. The van der Waals surface area contributed by atoms with Crippen LogP contribution in [0.25, 0.3) is 11.3 Å². The quantitative estimate of drug-likeness (QED) is 0.638. The average Bonchev–Trinajstić information content (AvgIpc) is 2.99. The molecule has 25 heavy (non-hydrogen) atoms. The van der Waals surface area contributed by atoms with Crippen LogP contribution in [0.15, 0.2) is 60.8 Å². The zero-order valence-corrected chi connectivity index (χ0v) is 14.5. The van der Waals surface area contributed by atoms with Crippen molar-refractivity contribution in [3.8, 4) is 11.3 Å². The molecule has 1 aromatic heterocycles. The van der Waals surface area contributed by atoms with E-state index >= 15 is 0 Å². The number of nitrogens with zero attached hydrogens (tertiary/aromatic N) is 2. The standard InChI is InChI=1S/C19H20N2O3S/c22-11-10-21-13-18(12-15-4-2-1-3-5-15)19(20-21)17-8-6-16(7-9-17)14-25(23)24/h1-9,13,22H,10-12,14H2,(H,23,24). The Hall–Kier alpha value is -2.28. The van der Waals surface area contributed by atoms with Gasteiger partial charge in [0.15, 0.2) is 11.1 Å². The summed E-state index contributed by atoms with van der Waals surface area (Å²) < 4.78 is 21.7. The Kier molecular flexibility index (Phi) is 5.75. The Morgan fingerprint density at radius 2 is 1.72 bits per heavy atom. The van der Waals surface area contributed by atoms with Crippen LogP contribution < -0.4 is 0 Å². The molecule has 0 amide bonds. The molecule has 0 aliphatic carbocycles. The van der Waals surface area contributed by atoms with Crippen molar-refractivity contribution < 1.29 is 13.9 Å². The number of aliphatic hydroxyl groups is 1. The summed E-state index contributed by atoms with van der Waals surface area (Å²) in [4.78, 5) is 0. The SMILES string of the molecule is O=S(O)Cc1ccc(-c2nn(CCO)cc2Cc2ccccc2)cc1.